The van der Waals surface area contributed by atoms with Crippen LogP contribution in [-0.4, -0.2) is 39.1 Å². The number of carboxylic acids is 1. The molecule has 7 rings (SSSR count). The lowest BCUT2D eigenvalue weighted by molar-refractivity contribution is -0.232. The average Bonchev–Trinajstić information content (AvgIpc) is 3.71. The summed E-state index contributed by atoms with van der Waals surface area (Å²) in [5.74, 6) is 1.12. The largest absolute Gasteiger partial charge is 0.481 e. The summed E-state index contributed by atoms with van der Waals surface area (Å²) in [6, 6.07) is 7.80. The minimum atomic E-state index is -1.17. The predicted octanol–water partition coefficient (Wildman–Crippen LogP) is 10.7. The lowest BCUT2D eigenvalue weighted by Gasteiger charge is -2.72. The molecular weight excluding hydrogens is 712 g/mol. The van der Waals surface area contributed by atoms with Crippen LogP contribution in [-0.2, 0) is 30.0 Å². The highest BCUT2D eigenvalue weighted by Crippen LogP contribution is 2.77. The third-order valence-electron chi connectivity index (χ3n) is 16.7. The Bertz CT molecular complexity index is 1920. The zero-order valence-corrected chi connectivity index (χ0v) is 35.8. The van der Waals surface area contributed by atoms with Crippen LogP contribution in [0.1, 0.15) is 158 Å². The van der Waals surface area contributed by atoms with Crippen molar-refractivity contribution >= 4 is 29.3 Å². The Kier molecular flexibility index (Phi) is 9.51. The molecule has 4 saturated carbocycles. The lowest BCUT2D eigenvalue weighted by atomic mass is 9.33. The number of allylic oxidation sites excluding steroid dienone is 2. The van der Waals surface area contributed by atoms with Crippen LogP contribution in [0.2, 0.25) is 5.02 Å². The van der Waals surface area contributed by atoms with Gasteiger partial charge in [0.25, 0.3) is 0 Å². The Balaban J connectivity index is 1.21. The van der Waals surface area contributed by atoms with E-state index in [0.717, 1.165) is 62.5 Å². The number of ketones is 1. The van der Waals surface area contributed by atoms with Gasteiger partial charge in [0, 0.05) is 16.9 Å². The smallest absolute Gasteiger partial charge is 0.309 e. The number of aliphatic carboxylic acids is 1. The Morgan fingerprint density at radius 1 is 0.909 bits per heavy atom. The van der Waals surface area contributed by atoms with Gasteiger partial charge in [0.2, 0.25) is 11.8 Å². The van der Waals surface area contributed by atoms with E-state index in [9.17, 15) is 19.5 Å². The summed E-state index contributed by atoms with van der Waals surface area (Å²) >= 11 is 6.23. The molecule has 1 aromatic carbocycles. The Morgan fingerprint density at radius 3 is 2.22 bits per heavy atom. The molecule has 1 N–H and O–H groups in total. The van der Waals surface area contributed by atoms with Crippen molar-refractivity contribution in [2.24, 2.45) is 50.7 Å². The first-order valence-corrected chi connectivity index (χ1v) is 21.1. The zero-order valence-electron chi connectivity index (χ0n) is 35.0. The highest BCUT2D eigenvalue weighted by atomic mass is 35.5. The number of rotatable bonds is 8. The maximum atomic E-state index is 14.3. The second kappa shape index (κ2) is 13.0. The topological polar surface area (TPSA) is 120 Å². The van der Waals surface area contributed by atoms with Crippen LogP contribution in [0.4, 0.5) is 0 Å². The van der Waals surface area contributed by atoms with Crippen LogP contribution in [0, 0.1) is 50.7 Å². The maximum absolute atomic E-state index is 14.3. The van der Waals surface area contributed by atoms with E-state index < -0.39 is 28.2 Å². The number of nitrogens with zero attached hydrogens (tertiary/aromatic N) is 2. The van der Waals surface area contributed by atoms with Crippen LogP contribution in [0.5, 0.6) is 0 Å². The summed E-state index contributed by atoms with van der Waals surface area (Å²) in [6.45, 7) is 23.9. The molecule has 5 aliphatic rings. The number of aromatic nitrogens is 2. The molecule has 0 unspecified atom stereocenters. The third-order valence-corrected chi connectivity index (χ3v) is 17.0. The van der Waals surface area contributed by atoms with Gasteiger partial charge in [-0.05, 0) is 148 Å². The molecule has 5 aliphatic carbocycles. The van der Waals surface area contributed by atoms with Crippen LogP contribution in [0.25, 0.3) is 0 Å². The van der Waals surface area contributed by atoms with Crippen LogP contribution < -0.4 is 0 Å². The SMILES string of the molecule is CC(C)C1=C2[C@H]3CC[C@@H]4[C@@]5(C)CC[C@H](OC(=O)CC(C)(C)C(=O)O)C(C)(C)[C@@H]5CC[C@@]4(C)[C@]3(C)CC[C@@]2(c2nnc(C(C)(C)c3ccc(Cl)cc3)o2)CC1=O. The highest BCUT2D eigenvalue weighted by Gasteiger charge is 2.71. The van der Waals surface area contributed by atoms with E-state index in [2.05, 4.69) is 67.4 Å². The molecule has 0 bridgehead atoms. The number of carbonyl (C=O) groups is 3. The van der Waals surface area contributed by atoms with Gasteiger partial charge < -0.3 is 14.3 Å². The molecule has 0 saturated heterocycles. The van der Waals surface area contributed by atoms with E-state index in [0.29, 0.717) is 35.1 Å². The van der Waals surface area contributed by atoms with Crippen molar-refractivity contribution in [3.8, 4) is 0 Å². The monoisotopic (exact) mass is 774 g/mol. The molecule has 8 atom stereocenters. The Morgan fingerprint density at radius 2 is 1.58 bits per heavy atom. The number of fused-ring (bicyclic) bond motifs is 7. The van der Waals surface area contributed by atoms with Crippen LogP contribution in [0.15, 0.2) is 39.8 Å². The number of hydrogen-bond donors (Lipinski definition) is 1. The molecule has 55 heavy (non-hydrogen) atoms. The number of esters is 1. The van der Waals surface area contributed by atoms with E-state index in [4.69, 9.17) is 25.9 Å². The van der Waals surface area contributed by atoms with Crippen LogP contribution in [0.3, 0.4) is 0 Å². The molecule has 8 nitrogen and oxygen atoms in total. The molecule has 0 amide bonds. The van der Waals surface area contributed by atoms with Gasteiger partial charge in [0.15, 0.2) is 5.78 Å². The number of hydrogen-bond acceptors (Lipinski definition) is 7. The van der Waals surface area contributed by atoms with Crippen molar-refractivity contribution in [1.29, 1.82) is 0 Å². The fourth-order valence-electron chi connectivity index (χ4n) is 13.4. The van der Waals surface area contributed by atoms with Gasteiger partial charge in [-0.1, -0.05) is 72.2 Å². The van der Waals surface area contributed by atoms with Gasteiger partial charge >= 0.3 is 11.9 Å². The molecule has 1 heterocycles. The van der Waals surface area contributed by atoms with E-state index in [1.807, 2.05) is 24.3 Å². The van der Waals surface area contributed by atoms with Gasteiger partial charge in [-0.2, -0.15) is 0 Å². The fraction of sp³-hybridized carbons (Fsp3) is 0.717. The minimum Gasteiger partial charge on any atom is -0.481 e. The first-order valence-electron chi connectivity index (χ1n) is 20.8. The van der Waals surface area contributed by atoms with Gasteiger partial charge in [-0.15, -0.1) is 10.2 Å². The number of Topliss-reactive ketones (excluding diaryl/α,β-unsaturated/α-hetero) is 1. The lowest BCUT2D eigenvalue weighted by Crippen LogP contribution is -2.66. The average molecular weight is 775 g/mol. The van der Waals surface area contributed by atoms with Crippen molar-refractivity contribution < 1.29 is 28.6 Å². The summed E-state index contributed by atoms with van der Waals surface area (Å²) in [6.07, 6.45) is 7.75. The molecule has 2 aromatic rings. The third kappa shape index (κ3) is 5.82. The fourth-order valence-corrected chi connectivity index (χ4v) is 13.5. The predicted molar refractivity (Wildman–Crippen MR) is 212 cm³/mol. The van der Waals surface area contributed by atoms with Crippen molar-refractivity contribution in [3.63, 3.8) is 0 Å². The number of carbonyl (C=O) groups excluding carboxylic acids is 2. The van der Waals surface area contributed by atoms with Crippen LogP contribution >= 0.6 is 11.6 Å². The number of halogens is 1. The molecule has 300 valence electrons. The number of ether oxygens (including phenoxy) is 1. The normalized spacial score (nSPS) is 35.8. The second-order valence-corrected chi connectivity index (χ2v) is 21.5. The summed E-state index contributed by atoms with van der Waals surface area (Å²) < 4.78 is 13.0. The summed E-state index contributed by atoms with van der Waals surface area (Å²) in [4.78, 5) is 39.2. The van der Waals surface area contributed by atoms with Gasteiger partial charge in [0.05, 0.1) is 22.7 Å². The molecule has 4 fully saturated rings. The summed E-state index contributed by atoms with van der Waals surface area (Å²) in [5, 5.41) is 19.8. The van der Waals surface area contributed by atoms with E-state index in [1.165, 1.54) is 5.57 Å². The van der Waals surface area contributed by atoms with Gasteiger partial charge in [-0.3, -0.25) is 14.4 Å². The standard InChI is InChI=1S/C46H63ClN2O6/c1-26(2)35-30(50)24-46(38-49-48-37(55-38)41(5,6)27-12-14-28(47)15-13-27)23-22-44(10)29(36(35)46)16-17-32-43(9)20-19-33(54-34(51)25-40(3,4)39(52)53)42(7,8)31(43)18-21-45(32,44)11/h12-15,26,29,31-33H,16-25H2,1-11H3,(H,52,53)/t29-,31+,32-,33+,43+,44-,45-,46-/m1/s1. The molecule has 0 spiro atoms. The Hall–Kier alpha value is -3.00. The zero-order chi connectivity index (χ0) is 40.3. The van der Waals surface area contributed by atoms with Gasteiger partial charge in [0.1, 0.15) is 6.10 Å². The Labute approximate surface area is 333 Å². The first-order chi connectivity index (χ1) is 25.5. The minimum absolute atomic E-state index is 0.0329. The van der Waals surface area contributed by atoms with E-state index in [1.54, 1.807) is 13.8 Å². The van der Waals surface area contributed by atoms with E-state index >= 15 is 0 Å². The second-order valence-electron chi connectivity index (χ2n) is 21.0. The molecule has 0 aliphatic heterocycles. The summed E-state index contributed by atoms with van der Waals surface area (Å²) in [7, 11) is 0. The van der Waals surface area contributed by atoms with Gasteiger partial charge in [-0.25, -0.2) is 0 Å². The molecule has 1 aromatic heterocycles. The quantitative estimate of drug-likeness (QED) is 0.263. The number of benzene rings is 1. The molecule has 9 heteroatoms. The highest BCUT2D eigenvalue weighted by molar-refractivity contribution is 6.30. The summed E-state index contributed by atoms with van der Waals surface area (Å²) in [5.41, 5.74) is 0.817. The number of carboxylic acid groups (broad SMARTS) is 1. The van der Waals surface area contributed by atoms with Crippen molar-refractivity contribution in [3.05, 3.63) is 57.8 Å². The van der Waals surface area contributed by atoms with Crippen molar-refractivity contribution in [2.75, 3.05) is 0 Å². The van der Waals surface area contributed by atoms with Crippen molar-refractivity contribution in [1.82, 2.24) is 10.2 Å². The molecular formula is C46H63ClN2O6. The van der Waals surface area contributed by atoms with E-state index in [-0.39, 0.29) is 51.8 Å². The maximum Gasteiger partial charge on any atom is 0.309 e. The molecule has 0 radical (unpaired) electrons. The van der Waals surface area contributed by atoms with Crippen molar-refractivity contribution in [2.45, 2.75) is 157 Å². The first kappa shape index (κ1) is 40.2.